The van der Waals surface area contributed by atoms with E-state index in [1.165, 1.54) is 29.8 Å². The molecule has 0 bridgehead atoms. The number of hydrogen-bond acceptors (Lipinski definition) is 5. The van der Waals surface area contributed by atoms with Crippen LogP contribution in [0.25, 0.3) is 5.57 Å². The van der Waals surface area contributed by atoms with E-state index >= 15 is 0 Å². The summed E-state index contributed by atoms with van der Waals surface area (Å²) in [5.41, 5.74) is -0.447. The van der Waals surface area contributed by atoms with Gasteiger partial charge in [-0.3, -0.25) is 9.59 Å². The zero-order valence-electron chi connectivity index (χ0n) is 10.1. The molecule has 1 aliphatic carbocycles. The molecule has 0 amide bonds. The summed E-state index contributed by atoms with van der Waals surface area (Å²) >= 11 is 2.85. The zero-order valence-corrected chi connectivity index (χ0v) is 11.7. The topological polar surface area (TPSA) is 43.4 Å². The number of hydrogen-bond donors (Lipinski definition) is 0. The van der Waals surface area contributed by atoms with Crippen molar-refractivity contribution in [3.05, 3.63) is 50.9 Å². The highest BCUT2D eigenvalue weighted by atomic mass is 32.1. The first-order valence-corrected chi connectivity index (χ1v) is 7.40. The van der Waals surface area contributed by atoms with Crippen LogP contribution < -0.4 is 0 Å². The van der Waals surface area contributed by atoms with Gasteiger partial charge >= 0.3 is 5.97 Å². The fraction of sp³-hybridized carbons (Fsp3) is 0.143. The fourth-order valence-electron chi connectivity index (χ4n) is 2.09. The van der Waals surface area contributed by atoms with Crippen LogP contribution in [-0.2, 0) is 9.53 Å². The maximum atomic E-state index is 12.6. The zero-order chi connectivity index (χ0) is 13.5. The number of ether oxygens (including phenoxy) is 1. The molecule has 0 aromatic carbocycles. The van der Waals surface area contributed by atoms with Crippen molar-refractivity contribution in [2.24, 2.45) is 5.41 Å². The van der Waals surface area contributed by atoms with Crippen LogP contribution in [0, 0.1) is 5.41 Å². The standard InChI is InChI=1S/C14H10O3S2/c1-17-13(16)14(12(15)11-5-3-7-19-11)8-9(14)10-4-2-6-18-10/h2-8H,1H3. The number of rotatable bonds is 4. The molecule has 1 atom stereocenters. The molecule has 0 N–H and O–H groups in total. The molecule has 3 rings (SSSR count). The van der Waals surface area contributed by atoms with Gasteiger partial charge in [-0.2, -0.15) is 0 Å². The van der Waals surface area contributed by atoms with Crippen LogP contribution >= 0.6 is 22.7 Å². The quantitative estimate of drug-likeness (QED) is 0.493. The lowest BCUT2D eigenvalue weighted by Gasteiger charge is -2.13. The highest BCUT2D eigenvalue weighted by Crippen LogP contribution is 2.55. The molecule has 2 heterocycles. The van der Waals surface area contributed by atoms with Crippen LogP contribution in [-0.4, -0.2) is 18.9 Å². The van der Waals surface area contributed by atoms with Gasteiger partial charge in [0.15, 0.2) is 11.2 Å². The van der Waals surface area contributed by atoms with E-state index < -0.39 is 11.4 Å². The summed E-state index contributed by atoms with van der Waals surface area (Å²) in [6.07, 6.45) is 1.70. The second kappa shape index (κ2) is 4.43. The Morgan fingerprint density at radius 1 is 1.16 bits per heavy atom. The molecule has 1 aliphatic rings. The van der Waals surface area contributed by atoms with Gasteiger partial charge in [0.25, 0.3) is 0 Å². The van der Waals surface area contributed by atoms with E-state index in [1.54, 1.807) is 18.2 Å². The highest BCUT2D eigenvalue weighted by Gasteiger charge is 2.59. The molecule has 5 heteroatoms. The summed E-state index contributed by atoms with van der Waals surface area (Å²) in [4.78, 5) is 26.1. The molecule has 0 saturated heterocycles. The van der Waals surface area contributed by atoms with E-state index in [0.29, 0.717) is 4.88 Å². The van der Waals surface area contributed by atoms with Gasteiger partial charge < -0.3 is 4.74 Å². The van der Waals surface area contributed by atoms with Crippen molar-refractivity contribution < 1.29 is 14.3 Å². The normalized spacial score (nSPS) is 20.8. The Morgan fingerprint density at radius 2 is 1.89 bits per heavy atom. The number of Topliss-reactive ketones (excluding diaryl/α,β-unsaturated/α-hetero) is 1. The van der Waals surface area contributed by atoms with Crippen molar-refractivity contribution in [3.63, 3.8) is 0 Å². The minimum Gasteiger partial charge on any atom is -0.468 e. The summed E-state index contributed by atoms with van der Waals surface area (Å²) < 4.78 is 4.82. The fourth-order valence-corrected chi connectivity index (χ4v) is 3.63. The maximum Gasteiger partial charge on any atom is 0.328 e. The summed E-state index contributed by atoms with van der Waals surface area (Å²) in [5, 5.41) is 3.75. The number of methoxy groups -OCH3 is 1. The predicted molar refractivity (Wildman–Crippen MR) is 75.4 cm³/mol. The Balaban J connectivity index is 1.98. The van der Waals surface area contributed by atoms with E-state index in [-0.39, 0.29) is 5.78 Å². The van der Waals surface area contributed by atoms with E-state index in [4.69, 9.17) is 4.74 Å². The molecular weight excluding hydrogens is 280 g/mol. The lowest BCUT2D eigenvalue weighted by atomic mass is 9.92. The SMILES string of the molecule is COC(=O)C1(C(=O)c2cccs2)C=C1c1cccs1. The lowest BCUT2D eigenvalue weighted by Crippen LogP contribution is -2.29. The lowest BCUT2D eigenvalue weighted by molar-refractivity contribution is -0.143. The Labute approximate surface area is 118 Å². The van der Waals surface area contributed by atoms with Gasteiger partial charge in [0.05, 0.1) is 12.0 Å². The maximum absolute atomic E-state index is 12.6. The Morgan fingerprint density at radius 3 is 2.47 bits per heavy atom. The first-order valence-electron chi connectivity index (χ1n) is 5.64. The van der Waals surface area contributed by atoms with Crippen LogP contribution in [0.3, 0.4) is 0 Å². The smallest absolute Gasteiger partial charge is 0.328 e. The van der Waals surface area contributed by atoms with Crippen LogP contribution in [0.15, 0.2) is 41.1 Å². The van der Waals surface area contributed by atoms with Gasteiger partial charge in [-0.15, -0.1) is 22.7 Å². The summed E-state index contributed by atoms with van der Waals surface area (Å²) in [7, 11) is 1.31. The second-order valence-electron chi connectivity index (χ2n) is 4.14. The predicted octanol–water partition coefficient (Wildman–Crippen LogP) is 3.25. The average Bonchev–Trinajstić information content (AvgIpc) is 2.89. The number of ketones is 1. The molecule has 0 saturated carbocycles. The molecule has 3 nitrogen and oxygen atoms in total. The molecule has 2 aromatic rings. The molecule has 0 spiro atoms. The molecule has 0 radical (unpaired) electrons. The molecule has 19 heavy (non-hydrogen) atoms. The van der Waals surface area contributed by atoms with Gasteiger partial charge in [-0.25, -0.2) is 0 Å². The molecule has 96 valence electrons. The van der Waals surface area contributed by atoms with Crippen molar-refractivity contribution in [1.29, 1.82) is 0 Å². The van der Waals surface area contributed by atoms with Gasteiger partial charge in [-0.1, -0.05) is 12.1 Å². The number of carbonyl (C=O) groups excluding carboxylic acids is 2. The number of esters is 1. The van der Waals surface area contributed by atoms with Gasteiger partial charge in [0.1, 0.15) is 0 Å². The van der Waals surface area contributed by atoms with Crippen molar-refractivity contribution >= 4 is 40.0 Å². The second-order valence-corrected chi connectivity index (χ2v) is 6.04. The monoisotopic (exact) mass is 290 g/mol. The van der Waals surface area contributed by atoms with Gasteiger partial charge in [0.2, 0.25) is 0 Å². The average molecular weight is 290 g/mol. The first-order chi connectivity index (χ1) is 9.20. The number of thiophene rings is 2. The molecule has 2 aromatic heterocycles. The van der Waals surface area contributed by atoms with Crippen molar-refractivity contribution in [1.82, 2.24) is 0 Å². The highest BCUT2D eigenvalue weighted by molar-refractivity contribution is 7.12. The Hall–Kier alpha value is -1.72. The summed E-state index contributed by atoms with van der Waals surface area (Å²) in [6, 6.07) is 7.34. The summed E-state index contributed by atoms with van der Waals surface area (Å²) in [6.45, 7) is 0. The van der Waals surface area contributed by atoms with Crippen LogP contribution in [0.2, 0.25) is 0 Å². The third kappa shape index (κ3) is 1.77. The van der Waals surface area contributed by atoms with E-state index in [9.17, 15) is 9.59 Å². The Bertz CT molecular complexity index is 653. The first kappa shape index (κ1) is 12.3. The van der Waals surface area contributed by atoms with Gasteiger partial charge in [-0.05, 0) is 34.5 Å². The minimum absolute atomic E-state index is 0.197. The molecule has 1 unspecified atom stereocenters. The number of carbonyl (C=O) groups is 2. The Kier molecular flexibility index (Phi) is 2.88. The van der Waals surface area contributed by atoms with E-state index in [0.717, 1.165) is 10.5 Å². The molecule has 0 aliphatic heterocycles. The third-order valence-electron chi connectivity index (χ3n) is 3.10. The third-order valence-corrected chi connectivity index (χ3v) is 4.87. The van der Waals surface area contributed by atoms with E-state index in [2.05, 4.69) is 0 Å². The van der Waals surface area contributed by atoms with E-state index in [1.807, 2.05) is 22.9 Å². The largest absolute Gasteiger partial charge is 0.468 e. The molecular formula is C14H10O3S2. The molecule has 0 fully saturated rings. The van der Waals surface area contributed by atoms with Crippen molar-refractivity contribution in [2.75, 3.05) is 7.11 Å². The summed E-state index contributed by atoms with van der Waals surface area (Å²) in [5.74, 6) is -0.702. The van der Waals surface area contributed by atoms with Crippen LogP contribution in [0.5, 0.6) is 0 Å². The minimum atomic E-state index is -1.20. The van der Waals surface area contributed by atoms with Crippen LogP contribution in [0.1, 0.15) is 14.5 Å². The van der Waals surface area contributed by atoms with Crippen LogP contribution in [0.4, 0.5) is 0 Å². The van der Waals surface area contributed by atoms with Gasteiger partial charge in [0, 0.05) is 4.88 Å². The van der Waals surface area contributed by atoms with Crippen molar-refractivity contribution in [3.8, 4) is 0 Å². The van der Waals surface area contributed by atoms with Crippen molar-refractivity contribution in [2.45, 2.75) is 0 Å².